The quantitative estimate of drug-likeness (QED) is 0.363. The van der Waals surface area contributed by atoms with Crippen molar-refractivity contribution in [2.45, 2.75) is 26.5 Å². The number of carbonyl (C=O) groups excluding carboxylic acids is 1. The van der Waals surface area contributed by atoms with Crippen LogP contribution in [0.1, 0.15) is 29.7 Å². The lowest BCUT2D eigenvalue weighted by Gasteiger charge is -2.30. The van der Waals surface area contributed by atoms with Crippen LogP contribution in [0.25, 0.3) is 0 Å². The van der Waals surface area contributed by atoms with Crippen LogP contribution in [0.2, 0.25) is 5.02 Å². The zero-order chi connectivity index (χ0) is 24.4. The lowest BCUT2D eigenvalue weighted by atomic mass is 9.94. The molecule has 0 unspecified atom stereocenters. The third kappa shape index (κ3) is 4.63. The Kier molecular flexibility index (Phi) is 6.25. The number of halogens is 1. The highest BCUT2D eigenvalue weighted by molar-refractivity contribution is 6.30. The number of hydrogen-bond donors (Lipinski definition) is 2. The summed E-state index contributed by atoms with van der Waals surface area (Å²) in [5.41, 5.74) is 4.77. The summed E-state index contributed by atoms with van der Waals surface area (Å²) in [6.07, 6.45) is 1.47. The van der Waals surface area contributed by atoms with Crippen LogP contribution in [-0.2, 0) is 11.4 Å². The lowest BCUT2D eigenvalue weighted by molar-refractivity contribution is -0.113. The first kappa shape index (κ1) is 22.7. The Labute approximate surface area is 208 Å². The number of amides is 1. The number of rotatable bonds is 6. The van der Waals surface area contributed by atoms with Gasteiger partial charge < -0.3 is 15.4 Å². The van der Waals surface area contributed by atoms with E-state index < -0.39 is 6.04 Å². The van der Waals surface area contributed by atoms with Gasteiger partial charge in [-0.1, -0.05) is 60.1 Å². The molecule has 2 heterocycles. The molecule has 0 bridgehead atoms. The molecular formula is C27H24ClN5O2. The van der Waals surface area contributed by atoms with Crippen molar-refractivity contribution in [2.24, 2.45) is 0 Å². The normalized spacial score (nSPS) is 14.8. The number of carbonyl (C=O) groups is 1. The average Bonchev–Trinajstić information content (AvgIpc) is 3.32. The molecule has 0 spiro atoms. The molecule has 1 aromatic heterocycles. The molecule has 0 aliphatic carbocycles. The summed E-state index contributed by atoms with van der Waals surface area (Å²) in [5, 5.41) is 11.4. The summed E-state index contributed by atoms with van der Waals surface area (Å²) in [7, 11) is 0. The number of nitrogens with one attached hydrogen (secondary N) is 2. The van der Waals surface area contributed by atoms with E-state index in [1.54, 1.807) is 4.68 Å². The molecule has 4 aromatic rings. The molecule has 0 saturated carbocycles. The van der Waals surface area contributed by atoms with Gasteiger partial charge in [-0.05, 0) is 49.2 Å². The second-order valence-electron chi connectivity index (χ2n) is 8.32. The maximum absolute atomic E-state index is 13.6. The highest BCUT2D eigenvalue weighted by Gasteiger charge is 2.35. The van der Waals surface area contributed by atoms with Gasteiger partial charge in [-0.3, -0.25) is 4.79 Å². The minimum atomic E-state index is -0.529. The van der Waals surface area contributed by atoms with E-state index >= 15 is 0 Å². The molecule has 35 heavy (non-hydrogen) atoms. The van der Waals surface area contributed by atoms with Crippen LogP contribution in [0.4, 0.5) is 11.6 Å². The fourth-order valence-electron chi connectivity index (χ4n) is 4.15. The van der Waals surface area contributed by atoms with Crippen molar-refractivity contribution < 1.29 is 9.53 Å². The van der Waals surface area contributed by atoms with Crippen molar-refractivity contribution in [1.82, 2.24) is 14.8 Å². The van der Waals surface area contributed by atoms with E-state index in [-0.39, 0.29) is 5.91 Å². The standard InChI is InChI=1S/C27H24ClN5O2/c1-17-7-3-5-9-22(17)32-26(34)24-18(2)31-27-29-16-30-33(27)25(24)21-8-4-6-10-23(21)35-15-19-11-13-20(28)14-12-19/h3-14,16,25H,15H2,1-2H3,(H,32,34)(H,29,30,31)/t25-/m1/s1. The SMILES string of the molecule is CC1=C(C(=O)Nc2ccccc2C)[C@@H](c2ccccc2OCc2ccc(Cl)cc2)n2ncnc2N1. The molecular weight excluding hydrogens is 462 g/mol. The van der Waals surface area contributed by atoms with Crippen LogP contribution in [-0.4, -0.2) is 20.7 Å². The smallest absolute Gasteiger partial charge is 0.255 e. The van der Waals surface area contributed by atoms with Gasteiger partial charge in [0.05, 0.1) is 5.57 Å². The first-order valence-corrected chi connectivity index (χ1v) is 11.6. The topological polar surface area (TPSA) is 81.1 Å². The van der Waals surface area contributed by atoms with Crippen molar-refractivity contribution in [3.63, 3.8) is 0 Å². The highest BCUT2D eigenvalue weighted by atomic mass is 35.5. The van der Waals surface area contributed by atoms with Gasteiger partial charge in [-0.2, -0.15) is 10.1 Å². The Hall–Kier alpha value is -4.10. The molecule has 1 amide bonds. The molecule has 7 nitrogen and oxygen atoms in total. The number of ether oxygens (including phenoxy) is 1. The zero-order valence-corrected chi connectivity index (χ0v) is 20.1. The molecule has 1 aliphatic heterocycles. The molecule has 0 radical (unpaired) electrons. The van der Waals surface area contributed by atoms with E-state index in [9.17, 15) is 4.79 Å². The highest BCUT2D eigenvalue weighted by Crippen LogP contribution is 2.39. The number of aryl methyl sites for hydroxylation is 1. The molecule has 2 N–H and O–H groups in total. The number of fused-ring (bicyclic) bond motifs is 1. The predicted octanol–water partition coefficient (Wildman–Crippen LogP) is 5.75. The zero-order valence-electron chi connectivity index (χ0n) is 19.3. The van der Waals surface area contributed by atoms with Gasteiger partial charge >= 0.3 is 0 Å². The van der Waals surface area contributed by atoms with Crippen molar-refractivity contribution in [3.05, 3.63) is 112 Å². The monoisotopic (exact) mass is 485 g/mol. The maximum atomic E-state index is 13.6. The number of benzene rings is 3. The van der Waals surface area contributed by atoms with Crippen molar-refractivity contribution in [3.8, 4) is 5.75 Å². The first-order chi connectivity index (χ1) is 17.0. The minimum absolute atomic E-state index is 0.219. The van der Waals surface area contributed by atoms with Gasteiger partial charge in [-0.15, -0.1) is 0 Å². The fourth-order valence-corrected chi connectivity index (χ4v) is 4.28. The third-order valence-electron chi connectivity index (χ3n) is 5.95. The number of hydrogen-bond acceptors (Lipinski definition) is 5. The number of aromatic nitrogens is 3. The summed E-state index contributed by atoms with van der Waals surface area (Å²) >= 11 is 6.01. The number of allylic oxidation sites excluding steroid dienone is 1. The average molecular weight is 486 g/mol. The summed E-state index contributed by atoms with van der Waals surface area (Å²) in [5.74, 6) is 1.00. The second kappa shape index (κ2) is 9.64. The van der Waals surface area contributed by atoms with Gasteiger partial charge in [0.2, 0.25) is 5.95 Å². The van der Waals surface area contributed by atoms with E-state index in [1.807, 2.05) is 86.6 Å². The van der Waals surface area contributed by atoms with E-state index in [0.29, 0.717) is 34.6 Å². The molecule has 0 saturated heterocycles. The fraction of sp³-hybridized carbons (Fsp3) is 0.148. The van der Waals surface area contributed by atoms with Crippen LogP contribution in [0.3, 0.4) is 0 Å². The third-order valence-corrected chi connectivity index (χ3v) is 6.21. The first-order valence-electron chi connectivity index (χ1n) is 11.2. The molecule has 1 atom stereocenters. The maximum Gasteiger partial charge on any atom is 0.255 e. The Bertz CT molecular complexity index is 1410. The van der Waals surface area contributed by atoms with Gasteiger partial charge in [0.25, 0.3) is 5.91 Å². The predicted molar refractivity (Wildman–Crippen MR) is 137 cm³/mol. The largest absolute Gasteiger partial charge is 0.489 e. The molecule has 0 fully saturated rings. The van der Waals surface area contributed by atoms with Gasteiger partial charge in [0, 0.05) is 22.0 Å². The summed E-state index contributed by atoms with van der Waals surface area (Å²) in [6, 6.07) is 22.4. The molecule has 8 heteroatoms. The number of anilines is 2. The van der Waals surface area contributed by atoms with Crippen molar-refractivity contribution >= 4 is 29.1 Å². The van der Waals surface area contributed by atoms with Gasteiger partial charge in [0.1, 0.15) is 24.7 Å². The Morgan fingerprint density at radius 2 is 1.80 bits per heavy atom. The van der Waals surface area contributed by atoms with E-state index in [0.717, 1.165) is 22.4 Å². The number of para-hydroxylation sites is 2. The Morgan fingerprint density at radius 1 is 1.06 bits per heavy atom. The van der Waals surface area contributed by atoms with E-state index in [4.69, 9.17) is 16.3 Å². The van der Waals surface area contributed by atoms with Crippen LogP contribution in [0.15, 0.2) is 90.4 Å². The van der Waals surface area contributed by atoms with Crippen LogP contribution < -0.4 is 15.4 Å². The van der Waals surface area contributed by atoms with E-state index in [2.05, 4.69) is 20.7 Å². The summed E-state index contributed by atoms with van der Waals surface area (Å²) in [6.45, 7) is 4.19. The van der Waals surface area contributed by atoms with Crippen LogP contribution in [0.5, 0.6) is 5.75 Å². The summed E-state index contributed by atoms with van der Waals surface area (Å²) < 4.78 is 7.94. The Morgan fingerprint density at radius 3 is 2.60 bits per heavy atom. The molecule has 5 rings (SSSR count). The van der Waals surface area contributed by atoms with E-state index in [1.165, 1.54) is 6.33 Å². The van der Waals surface area contributed by atoms with Crippen LogP contribution in [0, 0.1) is 6.92 Å². The van der Waals surface area contributed by atoms with Crippen molar-refractivity contribution in [2.75, 3.05) is 10.6 Å². The molecule has 176 valence electrons. The van der Waals surface area contributed by atoms with Crippen LogP contribution >= 0.6 is 11.6 Å². The number of nitrogens with zero attached hydrogens (tertiary/aromatic N) is 3. The molecule has 3 aromatic carbocycles. The van der Waals surface area contributed by atoms with Gasteiger partial charge in [-0.25, -0.2) is 4.68 Å². The van der Waals surface area contributed by atoms with Gasteiger partial charge in [0.15, 0.2) is 0 Å². The Balaban J connectivity index is 1.52. The lowest BCUT2D eigenvalue weighted by Crippen LogP contribution is -2.32. The molecule has 1 aliphatic rings. The minimum Gasteiger partial charge on any atom is -0.489 e. The second-order valence-corrected chi connectivity index (χ2v) is 8.75. The van der Waals surface area contributed by atoms with Crippen molar-refractivity contribution in [1.29, 1.82) is 0 Å². The summed E-state index contributed by atoms with van der Waals surface area (Å²) in [4.78, 5) is 18.0.